The molecule has 1 amide bonds. The third kappa shape index (κ3) is 3.29. The molecule has 0 saturated carbocycles. The zero-order chi connectivity index (χ0) is 19.7. The van der Waals surface area contributed by atoms with Crippen LogP contribution in [0.5, 0.6) is 11.5 Å². The molecule has 0 aliphatic rings. The van der Waals surface area contributed by atoms with Gasteiger partial charge < -0.3 is 14.8 Å². The van der Waals surface area contributed by atoms with Crippen LogP contribution in [0.1, 0.15) is 5.56 Å². The van der Waals surface area contributed by atoms with Crippen molar-refractivity contribution >= 4 is 23.3 Å². The van der Waals surface area contributed by atoms with Crippen LogP contribution < -0.4 is 16.7 Å². The lowest BCUT2D eigenvalue weighted by Gasteiger charge is -2.06. The number of imidazole rings is 1. The molecule has 3 N–H and O–H groups in total. The number of nitrogens with one attached hydrogen (secondary N) is 1. The van der Waals surface area contributed by atoms with Crippen LogP contribution in [0, 0.1) is 0 Å². The van der Waals surface area contributed by atoms with Gasteiger partial charge in [0.25, 0.3) is 11.5 Å². The molecule has 0 fully saturated rings. The molecule has 0 unspecified atom stereocenters. The molecule has 11 heteroatoms. The fourth-order valence-electron chi connectivity index (χ4n) is 2.51. The van der Waals surface area contributed by atoms with Crippen LogP contribution in [0.15, 0.2) is 39.2 Å². The summed E-state index contributed by atoms with van der Waals surface area (Å²) in [5, 5.41) is 22.4. The predicted molar refractivity (Wildman–Crippen MR) is 95.7 cm³/mol. The minimum absolute atomic E-state index is 0.127. The highest BCUT2D eigenvalue weighted by Gasteiger charge is 2.15. The van der Waals surface area contributed by atoms with Crippen LogP contribution in [0.3, 0.4) is 0 Å². The lowest BCUT2D eigenvalue weighted by atomic mass is 10.2. The molecule has 27 heavy (non-hydrogen) atoms. The number of nitrogens with zero attached hydrogens (tertiary/aromatic N) is 5. The number of amides is 1. The molecule has 140 valence electrons. The fourth-order valence-corrected chi connectivity index (χ4v) is 2.51. The van der Waals surface area contributed by atoms with Gasteiger partial charge in [-0.1, -0.05) is 0 Å². The Bertz CT molecular complexity index is 1190. The monoisotopic (exact) mass is 372 g/mol. The quantitative estimate of drug-likeness (QED) is 0.304. The van der Waals surface area contributed by atoms with E-state index in [-0.39, 0.29) is 29.2 Å². The predicted octanol–water partition coefficient (Wildman–Crippen LogP) is -1.00. The lowest BCUT2D eigenvalue weighted by molar-refractivity contribution is -0.121. The second-order valence-electron chi connectivity index (χ2n) is 5.79. The van der Waals surface area contributed by atoms with Gasteiger partial charge >= 0.3 is 5.69 Å². The molecule has 0 saturated heterocycles. The number of hydrazone groups is 1. The Morgan fingerprint density at radius 3 is 2.67 bits per heavy atom. The van der Waals surface area contributed by atoms with E-state index in [1.807, 2.05) is 0 Å². The molecule has 0 aliphatic carbocycles. The summed E-state index contributed by atoms with van der Waals surface area (Å²) >= 11 is 0. The van der Waals surface area contributed by atoms with Crippen molar-refractivity contribution in [3.63, 3.8) is 0 Å². The Morgan fingerprint density at radius 2 is 1.96 bits per heavy atom. The number of fused-ring (bicyclic) bond motifs is 1. The van der Waals surface area contributed by atoms with Crippen molar-refractivity contribution in [1.82, 2.24) is 24.1 Å². The number of carbonyl (C=O) groups is 1. The molecule has 2 heterocycles. The fraction of sp³-hybridized carbons (Fsp3) is 0.188. The maximum Gasteiger partial charge on any atom is 0.332 e. The summed E-state index contributed by atoms with van der Waals surface area (Å²) in [7, 11) is 2.83. The summed E-state index contributed by atoms with van der Waals surface area (Å²) in [6.07, 6.45) is 2.58. The number of phenolic OH excluding ortho intramolecular Hbond substituents is 2. The SMILES string of the molecule is Cn1c(=O)c2c(ncn2CC(=O)N/N=C/c2ccc(O)c(O)c2)n(C)c1=O. The molecular formula is C16H16N6O5. The largest absolute Gasteiger partial charge is 0.504 e. The third-order valence-electron chi connectivity index (χ3n) is 3.93. The molecule has 11 nitrogen and oxygen atoms in total. The molecular weight excluding hydrogens is 356 g/mol. The number of benzene rings is 1. The summed E-state index contributed by atoms with van der Waals surface area (Å²) in [5.74, 6) is -1.10. The van der Waals surface area contributed by atoms with Gasteiger partial charge in [-0.25, -0.2) is 15.2 Å². The van der Waals surface area contributed by atoms with Crippen LogP contribution in [0.2, 0.25) is 0 Å². The van der Waals surface area contributed by atoms with E-state index in [1.54, 1.807) is 0 Å². The molecule has 3 rings (SSSR count). The van der Waals surface area contributed by atoms with Gasteiger partial charge in [0.15, 0.2) is 22.7 Å². The van der Waals surface area contributed by atoms with Crippen molar-refractivity contribution in [3.05, 3.63) is 50.9 Å². The van der Waals surface area contributed by atoms with Crippen LogP contribution in [0.25, 0.3) is 11.2 Å². The number of phenols is 2. The van der Waals surface area contributed by atoms with Crippen molar-refractivity contribution < 1.29 is 15.0 Å². The molecule has 2 aromatic heterocycles. The smallest absolute Gasteiger partial charge is 0.332 e. The van der Waals surface area contributed by atoms with Crippen LogP contribution >= 0.6 is 0 Å². The average molecular weight is 372 g/mol. The molecule has 1 aromatic carbocycles. The zero-order valence-corrected chi connectivity index (χ0v) is 14.4. The van der Waals surface area contributed by atoms with E-state index in [4.69, 9.17) is 0 Å². The topological polar surface area (TPSA) is 144 Å². The number of hydrogen-bond donors (Lipinski definition) is 3. The van der Waals surface area contributed by atoms with Crippen molar-refractivity contribution in [2.75, 3.05) is 0 Å². The number of aromatic nitrogens is 4. The molecule has 0 radical (unpaired) electrons. The van der Waals surface area contributed by atoms with Crippen LogP contribution in [0.4, 0.5) is 0 Å². The number of carbonyl (C=O) groups excluding carboxylic acids is 1. The number of aromatic hydroxyl groups is 2. The minimum Gasteiger partial charge on any atom is -0.504 e. The summed E-state index contributed by atoms with van der Waals surface area (Å²) in [6, 6.07) is 4.06. The zero-order valence-electron chi connectivity index (χ0n) is 14.4. The van der Waals surface area contributed by atoms with E-state index in [0.717, 1.165) is 4.57 Å². The first-order valence-electron chi connectivity index (χ1n) is 7.74. The van der Waals surface area contributed by atoms with Gasteiger partial charge in [-0.2, -0.15) is 5.10 Å². The summed E-state index contributed by atoms with van der Waals surface area (Å²) in [4.78, 5) is 40.3. The minimum atomic E-state index is -0.554. The van der Waals surface area contributed by atoms with Gasteiger partial charge in [0.2, 0.25) is 0 Å². The van der Waals surface area contributed by atoms with Crippen molar-refractivity contribution in [2.45, 2.75) is 6.54 Å². The second-order valence-corrected chi connectivity index (χ2v) is 5.79. The lowest BCUT2D eigenvalue weighted by Crippen LogP contribution is -2.38. The maximum absolute atomic E-state index is 12.3. The Balaban J connectivity index is 1.78. The Kier molecular flexibility index (Phi) is 4.50. The highest BCUT2D eigenvalue weighted by Crippen LogP contribution is 2.23. The summed E-state index contributed by atoms with van der Waals surface area (Å²) < 4.78 is 3.49. The second kappa shape index (κ2) is 6.78. The van der Waals surface area contributed by atoms with Crippen molar-refractivity contribution in [3.8, 4) is 11.5 Å². The van der Waals surface area contributed by atoms with Crippen LogP contribution in [-0.4, -0.2) is 41.0 Å². The van der Waals surface area contributed by atoms with Crippen molar-refractivity contribution in [2.24, 2.45) is 19.2 Å². The average Bonchev–Trinajstić information content (AvgIpc) is 3.04. The van der Waals surface area contributed by atoms with E-state index in [1.165, 1.54) is 54.0 Å². The van der Waals surface area contributed by atoms with Crippen LogP contribution in [-0.2, 0) is 25.4 Å². The van der Waals surface area contributed by atoms with Gasteiger partial charge in [-0.05, 0) is 23.8 Å². The molecule has 0 bridgehead atoms. The van der Waals surface area contributed by atoms with E-state index < -0.39 is 17.2 Å². The Morgan fingerprint density at radius 1 is 1.22 bits per heavy atom. The maximum atomic E-state index is 12.3. The van der Waals surface area contributed by atoms with E-state index in [9.17, 15) is 24.6 Å². The van der Waals surface area contributed by atoms with E-state index >= 15 is 0 Å². The molecule has 0 atom stereocenters. The third-order valence-corrected chi connectivity index (χ3v) is 3.93. The molecule has 3 aromatic rings. The van der Waals surface area contributed by atoms with E-state index in [0.29, 0.717) is 5.56 Å². The van der Waals surface area contributed by atoms with Crippen molar-refractivity contribution in [1.29, 1.82) is 0 Å². The normalized spacial score (nSPS) is 11.3. The number of aryl methyl sites for hydroxylation is 1. The van der Waals surface area contributed by atoms with Gasteiger partial charge in [0.05, 0.1) is 12.5 Å². The Labute approximate surface area is 151 Å². The van der Waals surface area contributed by atoms with Gasteiger partial charge in [0.1, 0.15) is 6.54 Å². The van der Waals surface area contributed by atoms with Gasteiger partial charge in [-0.15, -0.1) is 0 Å². The van der Waals surface area contributed by atoms with Gasteiger partial charge in [0, 0.05) is 14.1 Å². The van der Waals surface area contributed by atoms with Gasteiger partial charge in [-0.3, -0.25) is 18.7 Å². The standard InChI is InChI=1S/C16H16N6O5/c1-20-14-13(15(26)21(2)16(20)27)22(8-17-14)7-12(25)19-18-6-9-3-4-10(23)11(24)5-9/h3-6,8,23-24H,7H2,1-2H3,(H,19,25)/b18-6+. The number of hydrogen-bond acceptors (Lipinski definition) is 7. The first-order chi connectivity index (χ1) is 12.8. The highest BCUT2D eigenvalue weighted by molar-refractivity contribution is 5.83. The summed E-state index contributed by atoms with van der Waals surface area (Å²) in [5.41, 5.74) is 1.99. The van der Waals surface area contributed by atoms with E-state index in [2.05, 4.69) is 15.5 Å². The molecule has 0 aliphatic heterocycles. The summed E-state index contributed by atoms with van der Waals surface area (Å²) in [6.45, 7) is -0.234. The Hall–Kier alpha value is -3.89. The number of rotatable bonds is 4. The first-order valence-corrected chi connectivity index (χ1v) is 7.74. The molecule has 0 spiro atoms. The highest BCUT2D eigenvalue weighted by atomic mass is 16.3. The first kappa shape index (κ1) is 17.9.